The SMILES string of the molecule is CCC(CC)C(=O)/C=C(\O)C(CC)CC.[CH3-].[Ir].[c-]1ccc2ccc3cc2c1c1cc2c(ccc4ccc(cc42)c2cccc(c2)c2ccccc32)cn1. The average molecular weight is 874 g/mol. The third kappa shape index (κ3) is 7.91. The van der Waals surface area contributed by atoms with Crippen LogP contribution in [0.5, 0.6) is 0 Å². The van der Waals surface area contributed by atoms with Crippen LogP contribution in [0.2, 0.25) is 0 Å². The predicted molar refractivity (Wildman–Crippen MR) is 225 cm³/mol. The second-order valence-electron chi connectivity index (χ2n) is 13.6. The smallest absolute Gasteiger partial charge is 0.162 e. The molecule has 7 aromatic carbocycles. The molecule has 1 radical (unpaired) electrons. The van der Waals surface area contributed by atoms with E-state index in [9.17, 15) is 9.90 Å². The van der Waals surface area contributed by atoms with Crippen molar-refractivity contribution in [1.82, 2.24) is 4.98 Å². The summed E-state index contributed by atoms with van der Waals surface area (Å²) in [5.41, 5.74) is 0.951. The van der Waals surface area contributed by atoms with Crippen LogP contribution in [0.1, 0.15) is 53.4 Å². The standard InChI is InChI=1S/C35H20N.C13H24O2.CH3.Ir/c1-2-9-30-27-15-12-22-5-4-10-31(32(22)19-27)35-20-34-28(21-36-35)16-13-23-11-14-25(18-33(23)34)24-6-3-7-26(17-24)29(30)8-1;1-5-10(6-2)12(14)9-13(15)11(7-3)8-4;;/h1-9,11-21H;9-11,14H,5-8H2,1-4H3;1H3;/q-1;;-1;/b;12-9-;;. The van der Waals surface area contributed by atoms with Gasteiger partial charge in [-0.05, 0) is 97.2 Å². The van der Waals surface area contributed by atoms with Crippen LogP contribution < -0.4 is 0 Å². The molecular weight excluding hydrogens is 827 g/mol. The molecular formula is C49H47IrNO2-2. The summed E-state index contributed by atoms with van der Waals surface area (Å²) < 4.78 is 0. The number of aliphatic hydroxyl groups excluding tert-OH is 1. The second-order valence-corrected chi connectivity index (χ2v) is 13.6. The number of hydrogen-bond acceptors (Lipinski definition) is 3. The number of nitrogens with zero attached hydrogens (tertiary/aromatic N) is 1. The van der Waals surface area contributed by atoms with Crippen molar-refractivity contribution in [2.75, 3.05) is 0 Å². The summed E-state index contributed by atoms with van der Waals surface area (Å²) in [7, 11) is 0. The van der Waals surface area contributed by atoms with Crippen molar-refractivity contribution in [1.29, 1.82) is 0 Å². The van der Waals surface area contributed by atoms with E-state index in [4.69, 9.17) is 4.98 Å². The Bertz CT molecular complexity index is 2630. The molecule has 0 unspecified atom stereocenters. The fraction of sp³-hybridized carbons (Fsp3) is 0.204. The molecule has 8 aromatic rings. The van der Waals surface area contributed by atoms with Gasteiger partial charge in [0.2, 0.25) is 0 Å². The Labute approximate surface area is 326 Å². The Morgan fingerprint density at radius 1 is 0.604 bits per heavy atom. The molecule has 0 saturated heterocycles. The number of rotatable bonds is 7. The number of fused-ring (bicyclic) bond motifs is 10. The minimum absolute atomic E-state index is 0. The summed E-state index contributed by atoms with van der Waals surface area (Å²) in [5, 5.41) is 25.3. The third-order valence-corrected chi connectivity index (χ3v) is 10.6. The summed E-state index contributed by atoms with van der Waals surface area (Å²) >= 11 is 0. The van der Waals surface area contributed by atoms with Crippen LogP contribution in [0.3, 0.4) is 0 Å². The molecule has 0 amide bonds. The van der Waals surface area contributed by atoms with E-state index in [1.165, 1.54) is 65.3 Å². The summed E-state index contributed by atoms with van der Waals surface area (Å²) in [5.74, 6) is 0.547. The quantitative estimate of drug-likeness (QED) is 0.0751. The van der Waals surface area contributed by atoms with Gasteiger partial charge in [0.25, 0.3) is 0 Å². The molecule has 8 bridgehead atoms. The minimum atomic E-state index is 0. The number of allylic oxidation sites excluding steroid dienone is 2. The zero-order valence-electron chi connectivity index (χ0n) is 31.2. The summed E-state index contributed by atoms with van der Waals surface area (Å²) in [6.07, 6.45) is 6.91. The van der Waals surface area contributed by atoms with Crippen LogP contribution in [0.25, 0.3) is 75.5 Å². The maximum Gasteiger partial charge on any atom is 0.162 e. The number of carbonyl (C=O) groups is 1. The first-order valence-corrected chi connectivity index (χ1v) is 18.3. The maximum absolute atomic E-state index is 11.7. The van der Waals surface area contributed by atoms with Gasteiger partial charge in [0.1, 0.15) is 0 Å². The Morgan fingerprint density at radius 2 is 1.13 bits per heavy atom. The molecule has 0 spiro atoms. The molecule has 0 aliphatic heterocycles. The number of aliphatic hydroxyl groups is 1. The first kappa shape index (κ1) is 39.3. The maximum atomic E-state index is 11.7. The van der Waals surface area contributed by atoms with Crippen LogP contribution >= 0.6 is 0 Å². The molecule has 1 heterocycles. The molecule has 0 aliphatic rings. The Kier molecular flexibility index (Phi) is 12.8. The molecule has 0 saturated carbocycles. The first-order valence-electron chi connectivity index (χ1n) is 18.3. The van der Waals surface area contributed by atoms with Crippen molar-refractivity contribution in [3.05, 3.63) is 147 Å². The molecule has 1 N–H and O–H groups in total. The van der Waals surface area contributed by atoms with Crippen molar-refractivity contribution in [2.24, 2.45) is 11.8 Å². The van der Waals surface area contributed by atoms with E-state index < -0.39 is 0 Å². The zero-order chi connectivity index (χ0) is 35.5. The number of benzene rings is 6. The van der Waals surface area contributed by atoms with E-state index >= 15 is 0 Å². The number of ketones is 1. The Hall–Kier alpha value is -4.89. The van der Waals surface area contributed by atoms with Crippen molar-refractivity contribution < 1.29 is 30.0 Å². The summed E-state index contributed by atoms with van der Waals surface area (Å²) in [4.78, 5) is 16.6. The molecule has 0 fully saturated rings. The molecule has 53 heavy (non-hydrogen) atoms. The van der Waals surface area contributed by atoms with Gasteiger partial charge in [0.15, 0.2) is 5.78 Å². The number of hydrogen-bond donors (Lipinski definition) is 1. The van der Waals surface area contributed by atoms with E-state index in [0.29, 0.717) is 0 Å². The Balaban J connectivity index is 0.000000275. The third-order valence-electron chi connectivity index (χ3n) is 10.6. The van der Waals surface area contributed by atoms with E-state index in [-0.39, 0.29) is 50.9 Å². The largest absolute Gasteiger partial charge is 0.512 e. The van der Waals surface area contributed by atoms with Gasteiger partial charge in [-0.1, -0.05) is 124 Å². The normalized spacial score (nSPS) is 11.6. The zero-order valence-corrected chi connectivity index (χ0v) is 33.6. The molecule has 1 aromatic heterocycles. The van der Waals surface area contributed by atoms with E-state index in [0.717, 1.165) is 42.0 Å². The molecule has 3 nitrogen and oxygen atoms in total. The molecule has 8 rings (SSSR count). The molecule has 0 aliphatic carbocycles. The van der Waals surface area contributed by atoms with Crippen molar-refractivity contribution >= 4 is 81.3 Å². The van der Waals surface area contributed by atoms with Gasteiger partial charge in [-0.3, -0.25) is 4.79 Å². The monoisotopic (exact) mass is 874 g/mol. The van der Waals surface area contributed by atoms with Gasteiger partial charge in [0.05, 0.1) is 5.76 Å². The number of aromatic nitrogens is 1. The first-order chi connectivity index (χ1) is 24.9. The van der Waals surface area contributed by atoms with Crippen molar-refractivity contribution in [3.63, 3.8) is 0 Å². The Morgan fingerprint density at radius 3 is 1.81 bits per heavy atom. The summed E-state index contributed by atoms with van der Waals surface area (Å²) in [6, 6.07) is 45.4. The minimum Gasteiger partial charge on any atom is -0.512 e. The van der Waals surface area contributed by atoms with Crippen LogP contribution in [0.15, 0.2) is 133 Å². The van der Waals surface area contributed by atoms with Crippen LogP contribution in [-0.4, -0.2) is 15.9 Å². The van der Waals surface area contributed by atoms with Gasteiger partial charge in [-0.2, -0.15) is 0 Å². The second kappa shape index (κ2) is 17.3. The van der Waals surface area contributed by atoms with Crippen LogP contribution in [0, 0.1) is 25.3 Å². The van der Waals surface area contributed by atoms with Crippen molar-refractivity contribution in [3.8, 4) is 0 Å². The van der Waals surface area contributed by atoms with Gasteiger partial charge in [-0.25, -0.2) is 0 Å². The van der Waals surface area contributed by atoms with Gasteiger partial charge >= 0.3 is 0 Å². The van der Waals surface area contributed by atoms with E-state index in [2.05, 4.69) is 115 Å². The fourth-order valence-corrected chi connectivity index (χ4v) is 7.49. The number of carbonyl (C=O) groups excluding carboxylic acids is 1. The van der Waals surface area contributed by atoms with Crippen LogP contribution in [0.4, 0.5) is 0 Å². The van der Waals surface area contributed by atoms with Gasteiger partial charge in [-0.15, -0.1) is 29.0 Å². The van der Waals surface area contributed by atoms with E-state index in [1.807, 2.05) is 40.0 Å². The molecule has 271 valence electrons. The number of pyridine rings is 1. The van der Waals surface area contributed by atoms with Gasteiger partial charge in [0, 0.05) is 44.2 Å². The summed E-state index contributed by atoms with van der Waals surface area (Å²) in [6.45, 7) is 8.07. The van der Waals surface area contributed by atoms with Crippen LogP contribution in [-0.2, 0) is 24.9 Å². The van der Waals surface area contributed by atoms with Crippen molar-refractivity contribution in [2.45, 2.75) is 53.4 Å². The molecule has 4 heteroatoms. The molecule has 0 atom stereocenters. The fourth-order valence-electron chi connectivity index (χ4n) is 7.49. The topological polar surface area (TPSA) is 50.2 Å². The van der Waals surface area contributed by atoms with E-state index in [1.54, 1.807) is 0 Å². The van der Waals surface area contributed by atoms with Gasteiger partial charge < -0.3 is 17.5 Å². The average Bonchev–Trinajstić information content (AvgIpc) is 3.18. The predicted octanol–water partition coefficient (Wildman–Crippen LogP) is 13.8.